The smallest absolute Gasteiger partial charge is 0.326 e. The number of aliphatic carboxylic acids is 1. The second-order valence-corrected chi connectivity index (χ2v) is 5.45. The van der Waals surface area contributed by atoms with Crippen molar-refractivity contribution in [2.45, 2.75) is 32.7 Å². The summed E-state index contributed by atoms with van der Waals surface area (Å²) >= 11 is 0. The van der Waals surface area contributed by atoms with E-state index in [9.17, 15) is 9.59 Å². The first-order valence-electron chi connectivity index (χ1n) is 6.86. The Hall–Kier alpha value is -2.24. The molecule has 1 aromatic carbocycles. The Labute approximate surface area is 123 Å². The Kier molecular flexibility index (Phi) is 4.67. The zero-order valence-corrected chi connectivity index (χ0v) is 12.1. The maximum atomic E-state index is 12.0. The van der Waals surface area contributed by atoms with Gasteiger partial charge in [0.1, 0.15) is 6.04 Å². The number of amides is 1. The zero-order chi connectivity index (χ0) is 15.4. The summed E-state index contributed by atoms with van der Waals surface area (Å²) in [4.78, 5) is 23.1. The van der Waals surface area contributed by atoms with Gasteiger partial charge in [-0.15, -0.1) is 0 Å². The van der Waals surface area contributed by atoms with Crippen molar-refractivity contribution in [2.24, 2.45) is 5.92 Å². The number of hydrogen-bond donors (Lipinski definition) is 2. The van der Waals surface area contributed by atoms with Crippen LogP contribution in [0.5, 0.6) is 11.5 Å². The van der Waals surface area contributed by atoms with Crippen LogP contribution in [-0.2, 0) is 16.0 Å². The average Bonchev–Trinajstić information content (AvgIpc) is 2.84. The van der Waals surface area contributed by atoms with E-state index < -0.39 is 12.0 Å². The number of ether oxygens (including phenoxy) is 2. The molecule has 1 atom stereocenters. The monoisotopic (exact) mass is 293 g/mol. The van der Waals surface area contributed by atoms with E-state index >= 15 is 0 Å². The Morgan fingerprint density at radius 2 is 2.00 bits per heavy atom. The SMILES string of the molecule is CC(C)C[C@H](NC(=O)Cc1ccc2c(c1)OCO2)C(=O)O. The predicted octanol–water partition coefficient (Wildman–Crippen LogP) is 1.57. The van der Waals surface area contributed by atoms with Crippen molar-refractivity contribution >= 4 is 11.9 Å². The van der Waals surface area contributed by atoms with E-state index in [0.717, 1.165) is 5.56 Å². The zero-order valence-electron chi connectivity index (χ0n) is 12.1. The number of benzene rings is 1. The van der Waals surface area contributed by atoms with E-state index in [4.69, 9.17) is 14.6 Å². The number of carboxylic acids is 1. The Balaban J connectivity index is 1.96. The van der Waals surface area contributed by atoms with Crippen molar-refractivity contribution < 1.29 is 24.2 Å². The number of carboxylic acid groups (broad SMARTS) is 1. The Morgan fingerprint density at radius 1 is 1.29 bits per heavy atom. The van der Waals surface area contributed by atoms with Gasteiger partial charge in [0.2, 0.25) is 12.7 Å². The third kappa shape index (κ3) is 4.11. The summed E-state index contributed by atoms with van der Waals surface area (Å²) in [5.74, 6) is 0.126. The topological polar surface area (TPSA) is 84.9 Å². The van der Waals surface area contributed by atoms with Crippen LogP contribution in [0.15, 0.2) is 18.2 Å². The van der Waals surface area contributed by atoms with Crippen molar-refractivity contribution in [1.82, 2.24) is 5.32 Å². The average molecular weight is 293 g/mol. The van der Waals surface area contributed by atoms with E-state index in [1.54, 1.807) is 18.2 Å². The van der Waals surface area contributed by atoms with Crippen LogP contribution in [0.25, 0.3) is 0 Å². The molecule has 6 nitrogen and oxygen atoms in total. The van der Waals surface area contributed by atoms with Crippen LogP contribution < -0.4 is 14.8 Å². The molecule has 1 aliphatic rings. The molecule has 0 saturated heterocycles. The summed E-state index contributed by atoms with van der Waals surface area (Å²) in [7, 11) is 0. The quantitative estimate of drug-likeness (QED) is 0.831. The number of rotatable bonds is 6. The van der Waals surface area contributed by atoms with Crippen molar-refractivity contribution in [2.75, 3.05) is 6.79 Å². The highest BCUT2D eigenvalue weighted by Crippen LogP contribution is 2.32. The van der Waals surface area contributed by atoms with Gasteiger partial charge in [-0.05, 0) is 30.0 Å². The fraction of sp³-hybridized carbons (Fsp3) is 0.467. The molecule has 2 N–H and O–H groups in total. The molecule has 1 aromatic rings. The lowest BCUT2D eigenvalue weighted by Gasteiger charge is -2.16. The minimum Gasteiger partial charge on any atom is -0.480 e. The molecule has 0 fully saturated rings. The fourth-order valence-corrected chi connectivity index (χ4v) is 2.17. The summed E-state index contributed by atoms with van der Waals surface area (Å²) < 4.78 is 10.4. The molecular formula is C15H19NO5. The van der Waals surface area contributed by atoms with Crippen molar-refractivity contribution in [3.63, 3.8) is 0 Å². The van der Waals surface area contributed by atoms with Gasteiger partial charge in [0.15, 0.2) is 11.5 Å². The number of nitrogens with one attached hydrogen (secondary N) is 1. The second kappa shape index (κ2) is 6.47. The van der Waals surface area contributed by atoms with Crippen LogP contribution >= 0.6 is 0 Å². The molecule has 114 valence electrons. The lowest BCUT2D eigenvalue weighted by atomic mass is 10.0. The molecule has 0 spiro atoms. The molecule has 1 heterocycles. The lowest BCUT2D eigenvalue weighted by molar-refractivity contribution is -0.142. The van der Waals surface area contributed by atoms with Crippen LogP contribution in [0.2, 0.25) is 0 Å². The van der Waals surface area contributed by atoms with E-state index in [1.807, 2.05) is 13.8 Å². The van der Waals surface area contributed by atoms with Gasteiger partial charge >= 0.3 is 5.97 Å². The maximum absolute atomic E-state index is 12.0. The molecule has 6 heteroatoms. The predicted molar refractivity (Wildman–Crippen MR) is 75.3 cm³/mol. The van der Waals surface area contributed by atoms with Crippen LogP contribution in [0, 0.1) is 5.92 Å². The van der Waals surface area contributed by atoms with Gasteiger partial charge in [-0.3, -0.25) is 4.79 Å². The summed E-state index contributed by atoms with van der Waals surface area (Å²) in [6.07, 6.45) is 0.515. The van der Waals surface area contributed by atoms with Gasteiger partial charge in [-0.25, -0.2) is 4.79 Å². The molecular weight excluding hydrogens is 274 g/mol. The van der Waals surface area contributed by atoms with Crippen LogP contribution in [0.3, 0.4) is 0 Å². The van der Waals surface area contributed by atoms with E-state index in [1.165, 1.54) is 0 Å². The van der Waals surface area contributed by atoms with Gasteiger partial charge in [0, 0.05) is 0 Å². The van der Waals surface area contributed by atoms with Crippen LogP contribution in [-0.4, -0.2) is 29.8 Å². The van der Waals surface area contributed by atoms with Gasteiger partial charge in [0.25, 0.3) is 0 Å². The summed E-state index contributed by atoms with van der Waals surface area (Å²) in [6.45, 7) is 4.01. The highest BCUT2D eigenvalue weighted by Gasteiger charge is 2.21. The largest absolute Gasteiger partial charge is 0.480 e. The van der Waals surface area contributed by atoms with Crippen LogP contribution in [0.1, 0.15) is 25.8 Å². The highest BCUT2D eigenvalue weighted by atomic mass is 16.7. The van der Waals surface area contributed by atoms with E-state index in [2.05, 4.69) is 5.32 Å². The molecule has 1 aliphatic heterocycles. The summed E-state index contributed by atoms with van der Waals surface area (Å²) in [6, 6.07) is 4.39. The Bertz CT molecular complexity index is 541. The molecule has 2 rings (SSSR count). The van der Waals surface area contributed by atoms with Gasteiger partial charge < -0.3 is 19.9 Å². The third-order valence-corrected chi connectivity index (χ3v) is 3.14. The first kappa shape index (κ1) is 15.2. The molecule has 21 heavy (non-hydrogen) atoms. The summed E-state index contributed by atoms with van der Waals surface area (Å²) in [5.41, 5.74) is 0.755. The number of carbonyl (C=O) groups excluding carboxylic acids is 1. The fourth-order valence-electron chi connectivity index (χ4n) is 2.17. The Morgan fingerprint density at radius 3 is 2.67 bits per heavy atom. The second-order valence-electron chi connectivity index (χ2n) is 5.45. The van der Waals surface area contributed by atoms with Gasteiger partial charge in [0.05, 0.1) is 6.42 Å². The molecule has 0 unspecified atom stereocenters. The number of carbonyl (C=O) groups is 2. The van der Waals surface area contributed by atoms with Crippen LogP contribution in [0.4, 0.5) is 0 Å². The van der Waals surface area contributed by atoms with Crippen molar-refractivity contribution in [3.8, 4) is 11.5 Å². The van der Waals surface area contributed by atoms with E-state index in [-0.39, 0.29) is 25.0 Å². The highest BCUT2D eigenvalue weighted by molar-refractivity contribution is 5.85. The molecule has 0 aromatic heterocycles. The maximum Gasteiger partial charge on any atom is 0.326 e. The standard InChI is InChI=1S/C15H19NO5/c1-9(2)5-11(15(18)19)16-14(17)7-10-3-4-12-13(6-10)21-8-20-12/h3-4,6,9,11H,5,7-8H2,1-2H3,(H,16,17)(H,18,19)/t11-/m0/s1. The first-order chi connectivity index (χ1) is 9.95. The lowest BCUT2D eigenvalue weighted by Crippen LogP contribution is -2.42. The van der Waals surface area contributed by atoms with Crippen molar-refractivity contribution in [1.29, 1.82) is 0 Å². The van der Waals surface area contributed by atoms with Gasteiger partial charge in [-0.2, -0.15) is 0 Å². The third-order valence-electron chi connectivity index (χ3n) is 3.14. The van der Waals surface area contributed by atoms with Gasteiger partial charge in [-0.1, -0.05) is 19.9 Å². The molecule has 0 bridgehead atoms. The first-order valence-corrected chi connectivity index (χ1v) is 6.86. The molecule has 0 saturated carbocycles. The normalized spacial score (nSPS) is 14.0. The summed E-state index contributed by atoms with van der Waals surface area (Å²) in [5, 5.41) is 11.7. The van der Waals surface area contributed by atoms with E-state index in [0.29, 0.717) is 17.9 Å². The molecule has 0 aliphatic carbocycles. The number of fused-ring (bicyclic) bond motifs is 1. The molecule has 0 radical (unpaired) electrons. The minimum absolute atomic E-state index is 0.110. The van der Waals surface area contributed by atoms with Crippen molar-refractivity contribution in [3.05, 3.63) is 23.8 Å². The number of hydrogen-bond acceptors (Lipinski definition) is 4. The molecule has 1 amide bonds. The minimum atomic E-state index is -1.01.